The third-order valence-electron chi connectivity index (χ3n) is 5.02. The fraction of sp³-hybridized carbons (Fsp3) is 0.0769. The van der Waals surface area contributed by atoms with Crippen LogP contribution < -0.4 is 0 Å². The second-order valence-electron chi connectivity index (χ2n) is 6.94. The Balaban J connectivity index is 1.74. The molecule has 0 saturated carbocycles. The van der Waals surface area contributed by atoms with Crippen LogP contribution in [0.3, 0.4) is 0 Å². The maximum Gasteiger partial charge on any atom is 0.0181 e. The summed E-state index contributed by atoms with van der Waals surface area (Å²) in [4.78, 5) is 0. The van der Waals surface area contributed by atoms with E-state index in [1.54, 1.807) is 0 Å². The highest BCUT2D eigenvalue weighted by Crippen LogP contribution is 2.32. The summed E-state index contributed by atoms with van der Waals surface area (Å²) in [6.07, 6.45) is 0. The molecule has 0 saturated heterocycles. The normalized spacial score (nSPS) is 10.8. The molecule has 0 N–H and O–H groups in total. The number of aryl methyl sites for hydroxylation is 2. The minimum atomic E-state index is 1.10. The summed E-state index contributed by atoms with van der Waals surface area (Å²) in [6, 6.07) is 32.5. The summed E-state index contributed by atoms with van der Waals surface area (Å²) < 4.78 is 1.10. The molecule has 0 aromatic heterocycles. The molecular weight excluding hydrogens is 392 g/mol. The molecule has 0 aliphatic carbocycles. The Kier molecular flexibility index (Phi) is 4.96. The molecule has 0 atom stereocenters. The Morgan fingerprint density at radius 3 is 1.74 bits per heavy atom. The number of benzene rings is 4. The van der Waals surface area contributed by atoms with Crippen LogP contribution in [0, 0.1) is 13.8 Å². The van der Waals surface area contributed by atoms with Gasteiger partial charge in [-0.3, -0.25) is 0 Å². The SMILES string of the molecule is Cc1ccccc1-c1ccc(-c2cccc(-c3cccc(Br)c3)c2)cc1C. The van der Waals surface area contributed by atoms with Gasteiger partial charge in [0.2, 0.25) is 0 Å². The van der Waals surface area contributed by atoms with E-state index in [0.29, 0.717) is 0 Å². The van der Waals surface area contributed by atoms with Crippen LogP contribution in [0.15, 0.2) is 95.5 Å². The molecule has 27 heavy (non-hydrogen) atoms. The fourth-order valence-electron chi connectivity index (χ4n) is 3.57. The summed E-state index contributed by atoms with van der Waals surface area (Å²) in [5.41, 5.74) is 10.2. The Labute approximate surface area is 169 Å². The third kappa shape index (κ3) is 3.74. The van der Waals surface area contributed by atoms with Crippen LogP contribution in [0.4, 0.5) is 0 Å². The molecule has 0 radical (unpaired) electrons. The molecule has 0 unspecified atom stereocenters. The Bertz CT molecular complexity index is 1110. The molecule has 0 heterocycles. The quantitative estimate of drug-likeness (QED) is 0.319. The van der Waals surface area contributed by atoms with Gasteiger partial charge >= 0.3 is 0 Å². The van der Waals surface area contributed by atoms with E-state index < -0.39 is 0 Å². The van der Waals surface area contributed by atoms with Crippen molar-refractivity contribution in [3.8, 4) is 33.4 Å². The van der Waals surface area contributed by atoms with E-state index in [2.05, 4.69) is 121 Å². The highest BCUT2D eigenvalue weighted by Gasteiger charge is 2.07. The van der Waals surface area contributed by atoms with Crippen molar-refractivity contribution in [1.29, 1.82) is 0 Å². The highest BCUT2D eigenvalue weighted by molar-refractivity contribution is 9.10. The van der Waals surface area contributed by atoms with E-state index in [1.165, 1.54) is 44.5 Å². The van der Waals surface area contributed by atoms with E-state index in [-0.39, 0.29) is 0 Å². The molecule has 0 aliphatic rings. The van der Waals surface area contributed by atoms with Crippen molar-refractivity contribution in [2.24, 2.45) is 0 Å². The average Bonchev–Trinajstić information content (AvgIpc) is 2.69. The van der Waals surface area contributed by atoms with Crippen LogP contribution in [0.2, 0.25) is 0 Å². The number of halogens is 1. The van der Waals surface area contributed by atoms with Crippen molar-refractivity contribution in [1.82, 2.24) is 0 Å². The Morgan fingerprint density at radius 1 is 0.481 bits per heavy atom. The van der Waals surface area contributed by atoms with E-state index in [0.717, 1.165) is 4.47 Å². The number of rotatable bonds is 3. The maximum atomic E-state index is 3.57. The van der Waals surface area contributed by atoms with Gasteiger partial charge in [-0.1, -0.05) is 88.7 Å². The molecule has 0 spiro atoms. The monoisotopic (exact) mass is 412 g/mol. The van der Waals surface area contributed by atoms with Crippen molar-refractivity contribution in [2.45, 2.75) is 13.8 Å². The second kappa shape index (κ2) is 7.54. The fourth-order valence-corrected chi connectivity index (χ4v) is 3.97. The summed E-state index contributed by atoms with van der Waals surface area (Å²) in [5.74, 6) is 0. The topological polar surface area (TPSA) is 0 Å². The van der Waals surface area contributed by atoms with Crippen molar-refractivity contribution < 1.29 is 0 Å². The lowest BCUT2D eigenvalue weighted by Crippen LogP contribution is -1.88. The predicted molar refractivity (Wildman–Crippen MR) is 120 cm³/mol. The standard InChI is InChI=1S/C26H21Br/c1-18-7-3-4-12-25(18)26-14-13-23(15-19(26)2)21-9-5-8-20(16-21)22-10-6-11-24(27)17-22/h3-17H,1-2H3. The summed E-state index contributed by atoms with van der Waals surface area (Å²) >= 11 is 3.57. The molecule has 4 rings (SSSR count). The second-order valence-corrected chi connectivity index (χ2v) is 7.85. The zero-order valence-electron chi connectivity index (χ0n) is 15.5. The van der Waals surface area contributed by atoms with Gasteiger partial charge in [-0.05, 0) is 76.6 Å². The number of hydrogen-bond donors (Lipinski definition) is 0. The average molecular weight is 413 g/mol. The van der Waals surface area contributed by atoms with Gasteiger partial charge in [0.25, 0.3) is 0 Å². The van der Waals surface area contributed by atoms with Crippen LogP contribution in [0.25, 0.3) is 33.4 Å². The zero-order valence-corrected chi connectivity index (χ0v) is 17.1. The smallest absolute Gasteiger partial charge is 0.0181 e. The van der Waals surface area contributed by atoms with Crippen LogP contribution >= 0.6 is 15.9 Å². The molecule has 0 aliphatic heterocycles. The van der Waals surface area contributed by atoms with Crippen molar-refractivity contribution in [2.75, 3.05) is 0 Å². The van der Waals surface area contributed by atoms with Crippen LogP contribution in [-0.4, -0.2) is 0 Å². The van der Waals surface area contributed by atoms with Crippen molar-refractivity contribution in [3.63, 3.8) is 0 Å². The molecule has 0 fully saturated rings. The van der Waals surface area contributed by atoms with E-state index in [4.69, 9.17) is 0 Å². The molecule has 4 aromatic rings. The van der Waals surface area contributed by atoms with Gasteiger partial charge in [0, 0.05) is 4.47 Å². The molecular formula is C26H21Br. The van der Waals surface area contributed by atoms with Gasteiger partial charge < -0.3 is 0 Å². The van der Waals surface area contributed by atoms with Gasteiger partial charge in [-0.2, -0.15) is 0 Å². The summed E-state index contributed by atoms with van der Waals surface area (Å²) in [5, 5.41) is 0. The summed E-state index contributed by atoms with van der Waals surface area (Å²) in [6.45, 7) is 4.37. The van der Waals surface area contributed by atoms with Gasteiger partial charge in [0.05, 0.1) is 0 Å². The van der Waals surface area contributed by atoms with Gasteiger partial charge in [0.1, 0.15) is 0 Å². The lowest BCUT2D eigenvalue weighted by atomic mass is 9.92. The first-order chi connectivity index (χ1) is 13.1. The van der Waals surface area contributed by atoms with Crippen LogP contribution in [-0.2, 0) is 0 Å². The van der Waals surface area contributed by atoms with Gasteiger partial charge in [-0.25, -0.2) is 0 Å². The summed E-state index contributed by atoms with van der Waals surface area (Å²) in [7, 11) is 0. The first-order valence-electron chi connectivity index (χ1n) is 9.15. The lowest BCUT2D eigenvalue weighted by Gasteiger charge is -2.12. The Morgan fingerprint density at radius 2 is 1.07 bits per heavy atom. The van der Waals surface area contributed by atoms with Crippen molar-refractivity contribution in [3.05, 3.63) is 107 Å². The first-order valence-corrected chi connectivity index (χ1v) is 9.94. The Hall–Kier alpha value is -2.64. The first kappa shape index (κ1) is 17.8. The minimum absolute atomic E-state index is 1.10. The number of hydrogen-bond acceptors (Lipinski definition) is 0. The minimum Gasteiger partial charge on any atom is -0.0620 e. The largest absolute Gasteiger partial charge is 0.0620 e. The third-order valence-corrected chi connectivity index (χ3v) is 5.51. The maximum absolute atomic E-state index is 3.57. The molecule has 1 heteroatoms. The van der Waals surface area contributed by atoms with Crippen LogP contribution in [0.1, 0.15) is 11.1 Å². The van der Waals surface area contributed by atoms with Crippen molar-refractivity contribution >= 4 is 15.9 Å². The lowest BCUT2D eigenvalue weighted by molar-refractivity contribution is 1.41. The van der Waals surface area contributed by atoms with E-state index in [1.807, 2.05) is 0 Å². The zero-order chi connectivity index (χ0) is 18.8. The molecule has 132 valence electrons. The van der Waals surface area contributed by atoms with E-state index in [9.17, 15) is 0 Å². The molecule has 0 amide bonds. The predicted octanol–water partition coefficient (Wildman–Crippen LogP) is 8.07. The van der Waals surface area contributed by atoms with Gasteiger partial charge in [0.15, 0.2) is 0 Å². The van der Waals surface area contributed by atoms with Gasteiger partial charge in [-0.15, -0.1) is 0 Å². The highest BCUT2D eigenvalue weighted by atomic mass is 79.9. The molecule has 0 nitrogen and oxygen atoms in total. The molecule has 4 aromatic carbocycles. The van der Waals surface area contributed by atoms with E-state index >= 15 is 0 Å². The van der Waals surface area contributed by atoms with Crippen LogP contribution in [0.5, 0.6) is 0 Å². The molecule has 0 bridgehead atoms.